The fourth-order valence-electron chi connectivity index (χ4n) is 1.16. The Kier molecular flexibility index (Phi) is 1.74. The number of rotatable bonds is 1. The molecule has 0 aliphatic carbocycles. The van der Waals surface area contributed by atoms with E-state index in [1.54, 1.807) is 6.20 Å². The lowest BCUT2D eigenvalue weighted by molar-refractivity contribution is 0.954. The third-order valence-corrected chi connectivity index (χ3v) is 1.69. The zero-order chi connectivity index (χ0) is 8.39. The molecule has 0 radical (unpaired) electrons. The van der Waals surface area contributed by atoms with Crippen molar-refractivity contribution in [2.75, 3.05) is 13.1 Å². The zero-order valence-corrected chi connectivity index (χ0v) is 6.91. The van der Waals surface area contributed by atoms with E-state index in [1.165, 1.54) is 0 Å². The van der Waals surface area contributed by atoms with Crippen LogP contribution in [0.15, 0.2) is 17.3 Å². The van der Waals surface area contributed by atoms with Crippen LogP contribution in [-0.4, -0.2) is 28.9 Å². The number of aromatic nitrogens is 2. The number of aliphatic imine (C=N–C) groups is 1. The summed E-state index contributed by atoms with van der Waals surface area (Å²) in [5, 5.41) is 3.16. The standard InChI is InChI=1S/C8H10N4/c1-6-9-3-2-7(12-6)8-10-4-5-11-8/h2-3H,4-5H2,1H3,(H,10,11). The van der Waals surface area contributed by atoms with Crippen LogP contribution in [-0.2, 0) is 0 Å². The average molecular weight is 162 g/mol. The lowest BCUT2D eigenvalue weighted by atomic mass is 10.4. The van der Waals surface area contributed by atoms with Crippen molar-refractivity contribution in [2.24, 2.45) is 4.99 Å². The van der Waals surface area contributed by atoms with Crippen LogP contribution in [0.1, 0.15) is 11.5 Å². The van der Waals surface area contributed by atoms with E-state index in [0.717, 1.165) is 30.4 Å². The highest BCUT2D eigenvalue weighted by atomic mass is 15.1. The smallest absolute Gasteiger partial charge is 0.147 e. The van der Waals surface area contributed by atoms with Crippen molar-refractivity contribution in [3.8, 4) is 0 Å². The van der Waals surface area contributed by atoms with Crippen molar-refractivity contribution in [1.82, 2.24) is 15.3 Å². The van der Waals surface area contributed by atoms with Gasteiger partial charge < -0.3 is 5.32 Å². The van der Waals surface area contributed by atoms with E-state index in [9.17, 15) is 0 Å². The first kappa shape index (κ1) is 7.21. The SMILES string of the molecule is Cc1nccc(C2=NCCN2)n1. The third kappa shape index (κ3) is 1.28. The van der Waals surface area contributed by atoms with Gasteiger partial charge in [-0.1, -0.05) is 0 Å². The quantitative estimate of drug-likeness (QED) is 0.638. The molecule has 12 heavy (non-hydrogen) atoms. The van der Waals surface area contributed by atoms with Gasteiger partial charge in [0.05, 0.1) is 6.54 Å². The van der Waals surface area contributed by atoms with E-state index in [1.807, 2.05) is 13.0 Å². The molecular formula is C8H10N4. The summed E-state index contributed by atoms with van der Waals surface area (Å²) in [5.41, 5.74) is 0.889. The number of hydrogen-bond acceptors (Lipinski definition) is 4. The molecule has 0 saturated heterocycles. The fourth-order valence-corrected chi connectivity index (χ4v) is 1.16. The van der Waals surface area contributed by atoms with Gasteiger partial charge in [0.2, 0.25) is 0 Å². The van der Waals surface area contributed by atoms with Crippen LogP contribution in [0.3, 0.4) is 0 Å². The molecule has 0 fully saturated rings. The second kappa shape index (κ2) is 2.89. The van der Waals surface area contributed by atoms with E-state index in [-0.39, 0.29) is 0 Å². The fraction of sp³-hybridized carbons (Fsp3) is 0.375. The van der Waals surface area contributed by atoms with Crippen LogP contribution in [0.25, 0.3) is 0 Å². The van der Waals surface area contributed by atoms with Crippen LogP contribution in [0, 0.1) is 6.92 Å². The largest absolute Gasteiger partial charge is 0.367 e. The van der Waals surface area contributed by atoms with Crippen LogP contribution in [0.4, 0.5) is 0 Å². The Morgan fingerprint density at radius 2 is 2.42 bits per heavy atom. The molecule has 1 aromatic rings. The van der Waals surface area contributed by atoms with Gasteiger partial charge in [-0.05, 0) is 13.0 Å². The maximum Gasteiger partial charge on any atom is 0.147 e. The summed E-state index contributed by atoms with van der Waals surface area (Å²) in [6, 6.07) is 1.87. The van der Waals surface area contributed by atoms with Crippen LogP contribution < -0.4 is 5.32 Å². The van der Waals surface area contributed by atoms with Gasteiger partial charge in [-0.2, -0.15) is 0 Å². The Bertz CT molecular complexity index is 319. The van der Waals surface area contributed by atoms with Gasteiger partial charge in [-0.15, -0.1) is 0 Å². The molecule has 2 rings (SSSR count). The normalized spacial score (nSPS) is 15.6. The zero-order valence-electron chi connectivity index (χ0n) is 6.91. The first-order valence-corrected chi connectivity index (χ1v) is 3.94. The van der Waals surface area contributed by atoms with Crippen molar-refractivity contribution in [2.45, 2.75) is 6.92 Å². The van der Waals surface area contributed by atoms with Crippen molar-refractivity contribution in [3.05, 3.63) is 23.8 Å². The molecule has 0 saturated carbocycles. The monoisotopic (exact) mass is 162 g/mol. The minimum absolute atomic E-state index is 0.781. The molecule has 1 N–H and O–H groups in total. The number of amidine groups is 1. The van der Waals surface area contributed by atoms with Crippen molar-refractivity contribution in [3.63, 3.8) is 0 Å². The maximum atomic E-state index is 4.26. The predicted molar refractivity (Wildman–Crippen MR) is 46.2 cm³/mol. The third-order valence-electron chi connectivity index (χ3n) is 1.69. The molecule has 1 aliphatic rings. The minimum Gasteiger partial charge on any atom is -0.367 e. The molecule has 0 spiro atoms. The molecule has 62 valence electrons. The summed E-state index contributed by atoms with van der Waals surface area (Å²) in [6.45, 7) is 3.63. The number of nitrogens with one attached hydrogen (secondary N) is 1. The molecule has 1 aromatic heterocycles. The van der Waals surface area contributed by atoms with E-state index in [0.29, 0.717) is 0 Å². The van der Waals surface area contributed by atoms with E-state index < -0.39 is 0 Å². The van der Waals surface area contributed by atoms with E-state index in [4.69, 9.17) is 0 Å². The summed E-state index contributed by atoms with van der Waals surface area (Å²) in [6.07, 6.45) is 1.75. The van der Waals surface area contributed by atoms with Crippen LogP contribution in [0.2, 0.25) is 0 Å². The summed E-state index contributed by atoms with van der Waals surface area (Å²) < 4.78 is 0. The van der Waals surface area contributed by atoms with Gasteiger partial charge in [0.15, 0.2) is 0 Å². The molecule has 4 nitrogen and oxygen atoms in total. The molecule has 0 aromatic carbocycles. The topological polar surface area (TPSA) is 50.2 Å². The number of hydrogen-bond donors (Lipinski definition) is 1. The first-order valence-electron chi connectivity index (χ1n) is 3.94. The second-order valence-corrected chi connectivity index (χ2v) is 2.65. The molecule has 0 bridgehead atoms. The number of aryl methyl sites for hydroxylation is 1. The molecule has 2 heterocycles. The molecule has 0 amide bonds. The average Bonchev–Trinajstić information content (AvgIpc) is 2.56. The van der Waals surface area contributed by atoms with Crippen LogP contribution >= 0.6 is 0 Å². The Hall–Kier alpha value is -1.45. The van der Waals surface area contributed by atoms with Crippen molar-refractivity contribution >= 4 is 5.84 Å². The highest BCUT2D eigenvalue weighted by Crippen LogP contribution is 1.98. The van der Waals surface area contributed by atoms with Gasteiger partial charge in [0.25, 0.3) is 0 Å². The van der Waals surface area contributed by atoms with Crippen molar-refractivity contribution < 1.29 is 0 Å². The van der Waals surface area contributed by atoms with Crippen molar-refractivity contribution in [1.29, 1.82) is 0 Å². The van der Waals surface area contributed by atoms with E-state index in [2.05, 4.69) is 20.3 Å². The molecular weight excluding hydrogens is 152 g/mol. The Labute approximate surface area is 70.8 Å². The molecule has 1 aliphatic heterocycles. The summed E-state index contributed by atoms with van der Waals surface area (Å²) in [7, 11) is 0. The van der Waals surface area contributed by atoms with Gasteiger partial charge >= 0.3 is 0 Å². The molecule has 0 unspecified atom stereocenters. The van der Waals surface area contributed by atoms with Gasteiger partial charge in [-0.25, -0.2) is 9.97 Å². The lowest BCUT2D eigenvalue weighted by Crippen LogP contribution is -2.20. The maximum absolute atomic E-state index is 4.26. The second-order valence-electron chi connectivity index (χ2n) is 2.65. The van der Waals surface area contributed by atoms with Crippen LogP contribution in [0.5, 0.6) is 0 Å². The van der Waals surface area contributed by atoms with Gasteiger partial charge in [-0.3, -0.25) is 4.99 Å². The Morgan fingerprint density at radius 3 is 3.08 bits per heavy atom. The first-order chi connectivity index (χ1) is 5.86. The van der Waals surface area contributed by atoms with E-state index >= 15 is 0 Å². The highest BCUT2D eigenvalue weighted by molar-refractivity contribution is 5.97. The Morgan fingerprint density at radius 1 is 1.50 bits per heavy atom. The van der Waals surface area contributed by atoms with Gasteiger partial charge in [0, 0.05) is 12.7 Å². The Balaban J connectivity index is 2.33. The lowest BCUT2D eigenvalue weighted by Gasteiger charge is -2.00. The minimum atomic E-state index is 0.781. The number of nitrogens with zero attached hydrogens (tertiary/aromatic N) is 3. The summed E-state index contributed by atoms with van der Waals surface area (Å²) >= 11 is 0. The predicted octanol–water partition coefficient (Wildman–Crippen LogP) is 0.135. The molecule has 0 atom stereocenters. The summed E-state index contributed by atoms with van der Waals surface area (Å²) in [5.74, 6) is 1.67. The van der Waals surface area contributed by atoms with Gasteiger partial charge in [0.1, 0.15) is 17.4 Å². The summed E-state index contributed by atoms with van der Waals surface area (Å²) in [4.78, 5) is 12.5. The highest BCUT2D eigenvalue weighted by Gasteiger charge is 2.08. The molecule has 4 heteroatoms.